The van der Waals surface area contributed by atoms with Crippen LogP contribution in [0.1, 0.15) is 54.3 Å². The zero-order chi connectivity index (χ0) is 14.7. The number of nitrogens with one attached hydrogen (secondary N) is 1. The van der Waals surface area contributed by atoms with E-state index < -0.39 is 0 Å². The molecule has 2 atom stereocenters. The fourth-order valence-corrected chi connectivity index (χ4v) is 4.55. The number of likely N-dealkylation sites (N-methyl/N-ethyl adjacent to an activating group) is 2. The minimum absolute atomic E-state index is 0.189. The molecule has 0 bridgehead atoms. The maximum atomic E-state index is 5.98. The summed E-state index contributed by atoms with van der Waals surface area (Å²) in [5, 5.41) is 4.70. The molecule has 0 spiro atoms. The first-order valence-electron chi connectivity index (χ1n) is 8.36. The Bertz CT molecular complexity index is 462. The highest BCUT2D eigenvalue weighted by molar-refractivity contribution is 7.11. The summed E-state index contributed by atoms with van der Waals surface area (Å²) in [5.74, 6) is 0.601. The van der Waals surface area contributed by atoms with Crippen LogP contribution in [-0.4, -0.2) is 49.2 Å². The molecule has 1 N–H and O–H groups in total. The van der Waals surface area contributed by atoms with Crippen molar-refractivity contribution >= 4 is 11.3 Å². The van der Waals surface area contributed by atoms with Crippen LogP contribution in [0.2, 0.25) is 0 Å². The number of ether oxygens (including phenoxy) is 1. The molecule has 1 aromatic rings. The number of hydrogen-bond donors (Lipinski definition) is 1. The van der Waals surface area contributed by atoms with Crippen LogP contribution in [0, 0.1) is 0 Å². The first kappa shape index (κ1) is 15.4. The fourth-order valence-electron chi connectivity index (χ4n) is 3.32. The van der Waals surface area contributed by atoms with Gasteiger partial charge in [0.15, 0.2) is 0 Å². The van der Waals surface area contributed by atoms with Gasteiger partial charge in [-0.15, -0.1) is 11.3 Å². The van der Waals surface area contributed by atoms with Crippen LogP contribution in [0.25, 0.3) is 0 Å². The van der Waals surface area contributed by atoms with Crippen LogP contribution in [-0.2, 0) is 11.2 Å². The SMILES string of the molecule is CCNCC1CCCc2sc(C3CN(CC)CCO3)nc21. The van der Waals surface area contributed by atoms with Crippen LogP contribution >= 0.6 is 11.3 Å². The molecular formula is C16H27N3OS. The molecule has 1 aliphatic heterocycles. The molecule has 1 fully saturated rings. The maximum absolute atomic E-state index is 5.98. The van der Waals surface area contributed by atoms with Crippen LogP contribution < -0.4 is 5.32 Å². The Morgan fingerprint density at radius 3 is 3.14 bits per heavy atom. The van der Waals surface area contributed by atoms with Gasteiger partial charge in [-0.3, -0.25) is 4.90 Å². The second kappa shape index (κ2) is 7.18. The number of hydrogen-bond acceptors (Lipinski definition) is 5. The first-order chi connectivity index (χ1) is 10.3. The van der Waals surface area contributed by atoms with Crippen LogP contribution in [0.15, 0.2) is 0 Å². The van der Waals surface area contributed by atoms with Crippen molar-refractivity contribution < 1.29 is 4.74 Å². The second-order valence-electron chi connectivity index (χ2n) is 6.01. The Kier molecular flexibility index (Phi) is 5.27. The minimum atomic E-state index is 0.189. The van der Waals surface area contributed by atoms with Crippen molar-refractivity contribution in [1.29, 1.82) is 0 Å². The molecule has 0 amide bonds. The average Bonchev–Trinajstić information content (AvgIpc) is 2.97. The molecule has 3 rings (SSSR count). The van der Waals surface area contributed by atoms with E-state index in [1.54, 1.807) is 0 Å². The number of morpholine rings is 1. The lowest BCUT2D eigenvalue weighted by Gasteiger charge is -2.30. The topological polar surface area (TPSA) is 37.4 Å². The molecule has 0 aromatic carbocycles. The third kappa shape index (κ3) is 3.47. The zero-order valence-electron chi connectivity index (χ0n) is 13.2. The van der Waals surface area contributed by atoms with Crippen LogP contribution in [0.5, 0.6) is 0 Å². The molecular weight excluding hydrogens is 282 g/mol. The highest BCUT2D eigenvalue weighted by Gasteiger charge is 2.29. The van der Waals surface area contributed by atoms with Gasteiger partial charge >= 0.3 is 0 Å². The van der Waals surface area contributed by atoms with E-state index in [1.807, 2.05) is 11.3 Å². The fraction of sp³-hybridized carbons (Fsp3) is 0.812. The van der Waals surface area contributed by atoms with Gasteiger partial charge in [0, 0.05) is 30.4 Å². The van der Waals surface area contributed by atoms with Gasteiger partial charge in [-0.1, -0.05) is 13.8 Å². The maximum Gasteiger partial charge on any atom is 0.123 e. The molecule has 1 aromatic heterocycles. The Hall–Kier alpha value is -0.490. The van der Waals surface area contributed by atoms with Crippen LogP contribution in [0.3, 0.4) is 0 Å². The van der Waals surface area contributed by atoms with Crippen molar-refractivity contribution in [3.8, 4) is 0 Å². The van der Waals surface area contributed by atoms with Crippen molar-refractivity contribution in [2.45, 2.75) is 45.1 Å². The second-order valence-corrected chi connectivity index (χ2v) is 7.13. The molecule has 5 heteroatoms. The standard InChI is InChI=1S/C16H27N3OS/c1-3-17-10-12-6-5-7-14-15(12)18-16(21-14)13-11-19(4-2)8-9-20-13/h12-13,17H,3-11H2,1-2H3. The van der Waals surface area contributed by atoms with Gasteiger partial charge in [0.05, 0.1) is 12.3 Å². The lowest BCUT2D eigenvalue weighted by Crippen LogP contribution is -2.38. The van der Waals surface area contributed by atoms with Gasteiger partial charge in [-0.25, -0.2) is 4.98 Å². The number of rotatable bonds is 5. The zero-order valence-corrected chi connectivity index (χ0v) is 14.0. The minimum Gasteiger partial charge on any atom is -0.368 e. The number of aryl methyl sites for hydroxylation is 1. The Balaban J connectivity index is 1.74. The summed E-state index contributed by atoms with van der Waals surface area (Å²) in [7, 11) is 0. The quantitative estimate of drug-likeness (QED) is 0.907. The van der Waals surface area contributed by atoms with Gasteiger partial charge < -0.3 is 10.1 Å². The molecule has 0 radical (unpaired) electrons. The summed E-state index contributed by atoms with van der Waals surface area (Å²) in [6.45, 7) is 10.5. The summed E-state index contributed by atoms with van der Waals surface area (Å²) in [5.41, 5.74) is 1.36. The summed E-state index contributed by atoms with van der Waals surface area (Å²) in [6.07, 6.45) is 3.97. The molecule has 1 aliphatic carbocycles. The average molecular weight is 309 g/mol. The number of nitrogens with zero attached hydrogens (tertiary/aromatic N) is 2. The van der Waals surface area contributed by atoms with E-state index in [2.05, 4.69) is 24.1 Å². The summed E-state index contributed by atoms with van der Waals surface area (Å²) < 4.78 is 5.98. The van der Waals surface area contributed by atoms with Gasteiger partial charge in [0.25, 0.3) is 0 Å². The number of fused-ring (bicyclic) bond motifs is 1. The third-order valence-electron chi connectivity index (χ3n) is 4.60. The molecule has 2 aliphatic rings. The van der Waals surface area contributed by atoms with Gasteiger partial charge in [-0.2, -0.15) is 0 Å². The van der Waals surface area contributed by atoms with Gasteiger partial charge in [0.2, 0.25) is 0 Å². The van der Waals surface area contributed by atoms with Crippen molar-refractivity contribution in [3.05, 3.63) is 15.6 Å². The Labute approximate surface area is 131 Å². The predicted octanol–water partition coefficient (Wildman–Crippen LogP) is 2.57. The smallest absolute Gasteiger partial charge is 0.123 e. The van der Waals surface area contributed by atoms with E-state index in [4.69, 9.17) is 9.72 Å². The van der Waals surface area contributed by atoms with E-state index in [9.17, 15) is 0 Å². The molecule has 2 heterocycles. The van der Waals surface area contributed by atoms with Crippen molar-refractivity contribution in [2.24, 2.45) is 0 Å². The third-order valence-corrected chi connectivity index (χ3v) is 5.82. The normalized spacial score (nSPS) is 26.8. The molecule has 21 heavy (non-hydrogen) atoms. The summed E-state index contributed by atoms with van der Waals surface area (Å²) >= 11 is 1.90. The van der Waals surface area contributed by atoms with Crippen molar-refractivity contribution in [1.82, 2.24) is 15.2 Å². The number of aromatic nitrogens is 1. The van der Waals surface area contributed by atoms with E-state index >= 15 is 0 Å². The number of thiazole rings is 1. The summed E-state index contributed by atoms with van der Waals surface area (Å²) in [4.78, 5) is 8.98. The van der Waals surface area contributed by atoms with E-state index in [-0.39, 0.29) is 6.10 Å². The lowest BCUT2D eigenvalue weighted by molar-refractivity contribution is -0.0283. The van der Waals surface area contributed by atoms with Gasteiger partial charge in [-0.05, 0) is 32.4 Å². The van der Waals surface area contributed by atoms with E-state index in [1.165, 1.54) is 34.8 Å². The summed E-state index contributed by atoms with van der Waals surface area (Å²) in [6, 6.07) is 0. The first-order valence-corrected chi connectivity index (χ1v) is 9.17. The molecule has 0 saturated carbocycles. The molecule has 4 nitrogen and oxygen atoms in total. The van der Waals surface area contributed by atoms with E-state index in [0.717, 1.165) is 39.3 Å². The predicted molar refractivity (Wildman–Crippen MR) is 87.1 cm³/mol. The largest absolute Gasteiger partial charge is 0.368 e. The highest BCUT2D eigenvalue weighted by atomic mass is 32.1. The molecule has 2 unspecified atom stereocenters. The van der Waals surface area contributed by atoms with E-state index in [0.29, 0.717) is 5.92 Å². The van der Waals surface area contributed by atoms with Crippen LogP contribution in [0.4, 0.5) is 0 Å². The Morgan fingerprint density at radius 1 is 1.43 bits per heavy atom. The molecule has 1 saturated heterocycles. The Morgan fingerprint density at radius 2 is 2.33 bits per heavy atom. The van der Waals surface area contributed by atoms with Crippen molar-refractivity contribution in [3.63, 3.8) is 0 Å². The van der Waals surface area contributed by atoms with Crippen molar-refractivity contribution in [2.75, 3.05) is 39.3 Å². The highest BCUT2D eigenvalue weighted by Crippen LogP contribution is 2.37. The molecule has 118 valence electrons. The monoisotopic (exact) mass is 309 g/mol. The lowest BCUT2D eigenvalue weighted by atomic mass is 9.91. The van der Waals surface area contributed by atoms with Gasteiger partial charge in [0.1, 0.15) is 11.1 Å².